The van der Waals surface area contributed by atoms with Crippen molar-refractivity contribution >= 4 is 29.4 Å². The minimum Gasteiger partial charge on any atom is -0.382 e. The summed E-state index contributed by atoms with van der Waals surface area (Å²) in [5.41, 5.74) is 0.377. The Hall–Kier alpha value is 0.685. The van der Waals surface area contributed by atoms with Gasteiger partial charge in [-0.3, -0.25) is 0 Å². The Morgan fingerprint density at radius 3 is 3.00 bits per heavy atom. The van der Waals surface area contributed by atoms with Crippen molar-refractivity contribution in [3.63, 3.8) is 0 Å². The number of fused-ring (bicyclic) bond motifs is 1. The number of ether oxygens (including phenoxy) is 2. The van der Waals surface area contributed by atoms with Crippen molar-refractivity contribution in [1.29, 1.82) is 0 Å². The first-order valence-electron chi connectivity index (χ1n) is 6.98. The van der Waals surface area contributed by atoms with Gasteiger partial charge in [-0.1, -0.05) is 35.4 Å². The molecule has 2 heterocycles. The molecule has 0 N–H and O–H groups in total. The van der Waals surface area contributed by atoms with Crippen molar-refractivity contribution < 1.29 is 9.47 Å². The largest absolute Gasteiger partial charge is 0.382 e. The monoisotopic (exact) mass is 284 g/mol. The molecule has 2 radical (unpaired) electrons. The maximum absolute atomic E-state index is 6.33. The zero-order valence-corrected chi connectivity index (χ0v) is 12.7. The van der Waals surface area contributed by atoms with Gasteiger partial charge in [-0.25, -0.2) is 0 Å². The summed E-state index contributed by atoms with van der Waals surface area (Å²) < 4.78 is 12.1. The van der Waals surface area contributed by atoms with Gasteiger partial charge in [0.1, 0.15) is 13.3 Å². The van der Waals surface area contributed by atoms with E-state index < -0.39 is 0 Å². The van der Waals surface area contributed by atoms with Crippen LogP contribution in [0, 0.1) is 17.8 Å². The molecule has 0 amide bonds. The van der Waals surface area contributed by atoms with E-state index in [1.807, 2.05) is 21.6 Å². The third kappa shape index (κ3) is 3.05. The van der Waals surface area contributed by atoms with E-state index >= 15 is 0 Å². The molecule has 5 heteroatoms. The molecule has 100 valence electrons. The fourth-order valence-corrected chi connectivity index (χ4v) is 6.08. The molecule has 6 unspecified atom stereocenters. The molecule has 0 spiro atoms. The van der Waals surface area contributed by atoms with E-state index in [9.17, 15) is 0 Å². The lowest BCUT2D eigenvalue weighted by atomic mass is 9.94. The molecule has 1 aliphatic carbocycles. The van der Waals surface area contributed by atoms with E-state index in [-0.39, 0.29) is 18.2 Å². The summed E-state index contributed by atoms with van der Waals surface area (Å²) >= 11 is 0. The van der Waals surface area contributed by atoms with Crippen LogP contribution in [0.25, 0.3) is 0 Å². The van der Waals surface area contributed by atoms with Crippen molar-refractivity contribution in [2.24, 2.45) is 17.8 Å². The molecule has 3 aliphatic rings. The van der Waals surface area contributed by atoms with Crippen molar-refractivity contribution in [1.82, 2.24) is 0 Å². The Kier molecular flexibility index (Phi) is 4.24. The standard InChI is InChI=1S/C13H21BO2S2/c1-7(2)3-10-11(5-12(14)15-10)16-13-9-4-8(9)6-17-18-13/h7-13H,3-6H2,1-2H3. The molecule has 1 saturated carbocycles. The number of rotatable bonds is 4. The highest BCUT2D eigenvalue weighted by molar-refractivity contribution is 8.77. The fraction of sp³-hybridized carbons (Fsp3) is 1.00. The maximum atomic E-state index is 6.33. The van der Waals surface area contributed by atoms with Crippen LogP contribution in [0.5, 0.6) is 0 Å². The predicted octanol–water partition coefficient (Wildman–Crippen LogP) is 3.06. The normalized spacial score (nSPS) is 47.3. The minimum atomic E-state index is -0.130. The predicted molar refractivity (Wildman–Crippen MR) is 78.8 cm³/mol. The molecule has 18 heavy (non-hydrogen) atoms. The van der Waals surface area contributed by atoms with Crippen molar-refractivity contribution in [3.05, 3.63) is 0 Å². The van der Waals surface area contributed by atoms with Crippen LogP contribution in [0.4, 0.5) is 0 Å². The van der Waals surface area contributed by atoms with Crippen molar-refractivity contribution in [3.8, 4) is 0 Å². The summed E-state index contributed by atoms with van der Waals surface area (Å²) in [6.07, 6.45) is 3.68. The third-order valence-electron chi connectivity index (χ3n) is 4.01. The van der Waals surface area contributed by atoms with Crippen LogP contribution >= 0.6 is 21.6 Å². The average molecular weight is 284 g/mol. The Labute approximate surface area is 119 Å². The summed E-state index contributed by atoms with van der Waals surface area (Å²) in [6, 6.07) is -0.130. The molecule has 2 saturated heterocycles. The second-order valence-corrected chi connectivity index (χ2v) is 8.67. The summed E-state index contributed by atoms with van der Waals surface area (Å²) in [6.45, 7) is 4.46. The Morgan fingerprint density at radius 2 is 2.22 bits per heavy atom. The van der Waals surface area contributed by atoms with E-state index in [1.165, 1.54) is 12.2 Å². The van der Waals surface area contributed by atoms with Gasteiger partial charge in [0, 0.05) is 11.8 Å². The fourth-order valence-electron chi connectivity index (χ4n) is 2.92. The first kappa shape index (κ1) is 13.7. The van der Waals surface area contributed by atoms with Crippen molar-refractivity contribution in [2.75, 3.05) is 5.75 Å². The van der Waals surface area contributed by atoms with Gasteiger partial charge in [-0.05, 0) is 37.0 Å². The van der Waals surface area contributed by atoms with Crippen molar-refractivity contribution in [2.45, 2.75) is 56.8 Å². The molecule has 0 aromatic carbocycles. The van der Waals surface area contributed by atoms with Crippen LogP contribution in [0.15, 0.2) is 0 Å². The summed E-state index contributed by atoms with van der Waals surface area (Å²) in [7, 11) is 9.82. The van der Waals surface area contributed by atoms with Crippen LogP contribution < -0.4 is 0 Å². The lowest BCUT2D eigenvalue weighted by Crippen LogP contribution is -2.31. The zero-order chi connectivity index (χ0) is 12.7. The SMILES string of the molecule is [B]C1CC(OC2SSCC3CC32)C(CC(C)C)O1. The van der Waals surface area contributed by atoms with Gasteiger partial charge in [-0.15, -0.1) is 0 Å². The first-order valence-corrected chi connectivity index (χ1v) is 9.36. The van der Waals surface area contributed by atoms with Gasteiger partial charge in [0.25, 0.3) is 0 Å². The molecule has 3 rings (SSSR count). The van der Waals surface area contributed by atoms with Gasteiger partial charge in [0.2, 0.25) is 0 Å². The van der Waals surface area contributed by atoms with Gasteiger partial charge in [-0.2, -0.15) is 0 Å². The smallest absolute Gasteiger partial charge is 0.116 e. The molecule has 0 aromatic rings. The lowest BCUT2D eigenvalue weighted by molar-refractivity contribution is -0.0367. The molecule has 2 aliphatic heterocycles. The second-order valence-electron chi connectivity index (χ2n) is 6.16. The molecule has 0 aromatic heterocycles. The van der Waals surface area contributed by atoms with Crippen LogP contribution in [-0.4, -0.2) is 37.2 Å². The van der Waals surface area contributed by atoms with Gasteiger partial charge in [0.15, 0.2) is 0 Å². The molecule has 0 bridgehead atoms. The van der Waals surface area contributed by atoms with Gasteiger partial charge >= 0.3 is 0 Å². The minimum absolute atomic E-state index is 0.130. The lowest BCUT2D eigenvalue weighted by Gasteiger charge is -2.27. The molecular formula is C13H21BO2S2. The highest BCUT2D eigenvalue weighted by Crippen LogP contribution is 2.56. The Balaban J connectivity index is 1.56. The van der Waals surface area contributed by atoms with E-state index in [0.29, 0.717) is 11.4 Å². The van der Waals surface area contributed by atoms with E-state index in [0.717, 1.165) is 24.7 Å². The van der Waals surface area contributed by atoms with Gasteiger partial charge < -0.3 is 9.47 Å². The molecule has 3 fully saturated rings. The number of hydrogen-bond acceptors (Lipinski definition) is 4. The van der Waals surface area contributed by atoms with E-state index in [1.54, 1.807) is 0 Å². The zero-order valence-electron chi connectivity index (χ0n) is 11.1. The Bertz CT molecular complexity index is 303. The highest BCUT2D eigenvalue weighted by atomic mass is 33.1. The van der Waals surface area contributed by atoms with E-state index in [2.05, 4.69) is 13.8 Å². The summed E-state index contributed by atoms with van der Waals surface area (Å²) in [5.74, 6) is 3.66. The molecule has 2 nitrogen and oxygen atoms in total. The second kappa shape index (κ2) is 5.59. The quantitative estimate of drug-likeness (QED) is 0.583. The van der Waals surface area contributed by atoms with Crippen LogP contribution in [0.3, 0.4) is 0 Å². The van der Waals surface area contributed by atoms with Gasteiger partial charge in [0.05, 0.1) is 12.2 Å². The highest BCUT2D eigenvalue weighted by Gasteiger charge is 2.49. The van der Waals surface area contributed by atoms with Crippen LogP contribution in [-0.2, 0) is 9.47 Å². The Morgan fingerprint density at radius 1 is 1.39 bits per heavy atom. The van der Waals surface area contributed by atoms with Crippen LogP contribution in [0.1, 0.15) is 33.1 Å². The summed E-state index contributed by atoms with van der Waals surface area (Å²) in [5, 5.41) is 0. The third-order valence-corrected chi connectivity index (χ3v) is 6.75. The van der Waals surface area contributed by atoms with Crippen LogP contribution in [0.2, 0.25) is 0 Å². The first-order chi connectivity index (χ1) is 8.63. The molecule has 6 atom stereocenters. The maximum Gasteiger partial charge on any atom is 0.116 e. The number of hydrogen-bond donors (Lipinski definition) is 0. The molecular weight excluding hydrogens is 263 g/mol. The summed E-state index contributed by atoms with van der Waals surface area (Å²) in [4.78, 5) is 0. The average Bonchev–Trinajstić information content (AvgIpc) is 3.00. The van der Waals surface area contributed by atoms with E-state index in [4.69, 9.17) is 17.3 Å². The topological polar surface area (TPSA) is 18.5 Å².